The van der Waals surface area contributed by atoms with Crippen LogP contribution in [0.3, 0.4) is 0 Å². The van der Waals surface area contributed by atoms with E-state index in [0.717, 1.165) is 16.4 Å². The van der Waals surface area contributed by atoms with Gasteiger partial charge in [-0.3, -0.25) is 0 Å². The fraction of sp³-hybridized carbons (Fsp3) is 0.0833. The second-order valence-electron chi connectivity index (χ2n) is 3.76. The Morgan fingerprint density at radius 3 is 2.68 bits per heavy atom. The van der Waals surface area contributed by atoms with E-state index in [1.165, 1.54) is 0 Å². The zero-order chi connectivity index (χ0) is 13.1. The van der Waals surface area contributed by atoms with Gasteiger partial charge in [-0.15, -0.1) is 16.4 Å². The first-order valence-corrected chi connectivity index (χ1v) is 6.48. The Morgan fingerprint density at radius 1 is 1.21 bits per heavy atom. The number of nitrogens with two attached hydrogens (primary N) is 1. The predicted octanol–water partition coefficient (Wildman–Crippen LogP) is 1.89. The minimum absolute atomic E-state index is 0.254. The van der Waals surface area contributed by atoms with E-state index < -0.39 is 0 Å². The van der Waals surface area contributed by atoms with E-state index >= 15 is 0 Å². The van der Waals surface area contributed by atoms with Crippen LogP contribution in [0.15, 0.2) is 42.2 Å². The number of anilines is 1. The molecule has 0 spiro atoms. The molecular formula is C12H11N5OS. The number of rotatable bonds is 4. The Morgan fingerprint density at radius 2 is 2.05 bits per heavy atom. The van der Waals surface area contributed by atoms with Gasteiger partial charge >= 0.3 is 0 Å². The first-order valence-electron chi connectivity index (χ1n) is 5.60. The van der Waals surface area contributed by atoms with Gasteiger partial charge in [-0.25, -0.2) is 14.6 Å². The third-order valence-electron chi connectivity index (χ3n) is 2.46. The number of ether oxygens (including phenoxy) is 1. The highest BCUT2D eigenvalue weighted by molar-refractivity contribution is 7.09. The van der Waals surface area contributed by atoms with Gasteiger partial charge in [-0.05, 0) is 24.3 Å². The van der Waals surface area contributed by atoms with Gasteiger partial charge in [-0.1, -0.05) is 0 Å². The lowest BCUT2D eigenvalue weighted by Gasteiger charge is -2.05. The van der Waals surface area contributed by atoms with E-state index in [9.17, 15) is 0 Å². The van der Waals surface area contributed by atoms with Crippen molar-refractivity contribution < 1.29 is 4.74 Å². The van der Waals surface area contributed by atoms with Crippen molar-refractivity contribution in [1.82, 2.24) is 19.7 Å². The van der Waals surface area contributed by atoms with Gasteiger partial charge < -0.3 is 10.5 Å². The van der Waals surface area contributed by atoms with E-state index in [-0.39, 0.29) is 5.95 Å². The highest BCUT2D eigenvalue weighted by atomic mass is 32.1. The molecule has 1 aromatic carbocycles. The number of nitrogen functional groups attached to an aromatic ring is 1. The number of hydrogen-bond donors (Lipinski definition) is 1. The molecule has 0 atom stereocenters. The van der Waals surface area contributed by atoms with Crippen LogP contribution in [0.25, 0.3) is 5.69 Å². The van der Waals surface area contributed by atoms with Crippen molar-refractivity contribution >= 4 is 17.3 Å². The van der Waals surface area contributed by atoms with Crippen LogP contribution in [-0.2, 0) is 6.61 Å². The van der Waals surface area contributed by atoms with Gasteiger partial charge in [0.15, 0.2) is 0 Å². The van der Waals surface area contributed by atoms with Gasteiger partial charge in [0.25, 0.3) is 0 Å². The molecule has 0 saturated heterocycles. The summed E-state index contributed by atoms with van der Waals surface area (Å²) in [6.45, 7) is 0.479. The number of aromatic nitrogens is 4. The predicted molar refractivity (Wildman–Crippen MR) is 72.2 cm³/mol. The van der Waals surface area contributed by atoms with E-state index in [1.807, 2.05) is 29.6 Å². The Labute approximate surface area is 113 Å². The summed E-state index contributed by atoms with van der Waals surface area (Å²) in [4.78, 5) is 8.03. The van der Waals surface area contributed by atoms with Gasteiger partial charge in [0.1, 0.15) is 23.7 Å². The molecule has 0 aliphatic carbocycles. The second kappa shape index (κ2) is 5.07. The molecule has 0 bridgehead atoms. The van der Waals surface area contributed by atoms with Crippen LogP contribution >= 0.6 is 11.3 Å². The number of nitrogens with zero attached hydrogens (tertiary/aromatic N) is 4. The Bertz CT molecular complexity index is 647. The topological polar surface area (TPSA) is 78.8 Å². The van der Waals surface area contributed by atoms with Crippen molar-refractivity contribution in [3.63, 3.8) is 0 Å². The quantitative estimate of drug-likeness (QED) is 0.785. The SMILES string of the molecule is Nc1ncn(-c2ccc(OCc3nccs3)cc2)n1. The summed E-state index contributed by atoms with van der Waals surface area (Å²) in [6.07, 6.45) is 3.34. The molecule has 3 aromatic rings. The molecule has 0 radical (unpaired) electrons. The Balaban J connectivity index is 1.69. The van der Waals surface area contributed by atoms with E-state index in [1.54, 1.807) is 28.5 Å². The van der Waals surface area contributed by atoms with Crippen LogP contribution in [0.1, 0.15) is 5.01 Å². The van der Waals surface area contributed by atoms with E-state index in [2.05, 4.69) is 15.1 Å². The molecule has 0 unspecified atom stereocenters. The van der Waals surface area contributed by atoms with Crippen molar-refractivity contribution in [1.29, 1.82) is 0 Å². The fourth-order valence-corrected chi connectivity index (χ4v) is 2.09. The van der Waals surface area contributed by atoms with Crippen LogP contribution < -0.4 is 10.5 Å². The maximum absolute atomic E-state index is 5.62. The average Bonchev–Trinajstić information content (AvgIpc) is 3.08. The third kappa shape index (κ3) is 2.71. The van der Waals surface area contributed by atoms with E-state index in [4.69, 9.17) is 10.5 Å². The van der Waals surface area contributed by atoms with Crippen LogP contribution in [0.2, 0.25) is 0 Å². The number of thiazole rings is 1. The average molecular weight is 273 g/mol. The summed E-state index contributed by atoms with van der Waals surface area (Å²) in [5, 5.41) is 6.91. The summed E-state index contributed by atoms with van der Waals surface area (Å²) in [5.74, 6) is 1.04. The van der Waals surface area contributed by atoms with Crippen molar-refractivity contribution in [2.75, 3.05) is 5.73 Å². The zero-order valence-corrected chi connectivity index (χ0v) is 10.7. The lowest BCUT2D eigenvalue weighted by atomic mass is 10.3. The highest BCUT2D eigenvalue weighted by Crippen LogP contribution is 2.16. The minimum Gasteiger partial charge on any atom is -0.486 e. The molecule has 0 saturated carbocycles. The molecule has 0 aliphatic rings. The monoisotopic (exact) mass is 273 g/mol. The maximum atomic E-state index is 5.62. The Kier molecular flexibility index (Phi) is 3.11. The van der Waals surface area contributed by atoms with Gasteiger partial charge in [0, 0.05) is 11.6 Å². The van der Waals surface area contributed by atoms with Crippen LogP contribution in [-0.4, -0.2) is 19.7 Å². The fourth-order valence-electron chi connectivity index (χ4n) is 1.56. The molecule has 7 heteroatoms. The maximum Gasteiger partial charge on any atom is 0.239 e. The normalized spacial score (nSPS) is 10.5. The molecule has 96 valence electrons. The molecule has 2 N–H and O–H groups in total. The second-order valence-corrected chi connectivity index (χ2v) is 4.73. The summed E-state index contributed by atoms with van der Waals surface area (Å²) in [6, 6.07) is 7.54. The smallest absolute Gasteiger partial charge is 0.239 e. The molecule has 2 heterocycles. The van der Waals surface area contributed by atoms with Crippen molar-refractivity contribution in [2.45, 2.75) is 6.61 Å². The minimum atomic E-state index is 0.254. The number of hydrogen-bond acceptors (Lipinski definition) is 6. The molecule has 19 heavy (non-hydrogen) atoms. The molecular weight excluding hydrogens is 262 g/mol. The van der Waals surface area contributed by atoms with Crippen molar-refractivity contribution in [2.24, 2.45) is 0 Å². The molecule has 0 aliphatic heterocycles. The van der Waals surface area contributed by atoms with Gasteiger partial charge in [-0.2, -0.15) is 0 Å². The van der Waals surface area contributed by atoms with Gasteiger partial charge in [0.2, 0.25) is 5.95 Å². The summed E-state index contributed by atoms with van der Waals surface area (Å²) in [5.41, 5.74) is 6.35. The molecule has 6 nitrogen and oxygen atoms in total. The van der Waals surface area contributed by atoms with Crippen LogP contribution in [0.5, 0.6) is 5.75 Å². The lowest BCUT2D eigenvalue weighted by molar-refractivity contribution is 0.305. The lowest BCUT2D eigenvalue weighted by Crippen LogP contribution is -1.97. The summed E-state index contributed by atoms with van der Waals surface area (Å²) >= 11 is 1.57. The molecule has 3 rings (SSSR count). The summed E-state index contributed by atoms with van der Waals surface area (Å²) in [7, 11) is 0. The first-order chi connectivity index (χ1) is 9.31. The molecule has 0 fully saturated rings. The van der Waals surface area contributed by atoms with Crippen LogP contribution in [0, 0.1) is 0 Å². The van der Waals surface area contributed by atoms with Crippen molar-refractivity contribution in [3.8, 4) is 11.4 Å². The van der Waals surface area contributed by atoms with Crippen LogP contribution in [0.4, 0.5) is 5.95 Å². The first kappa shape index (κ1) is 11.7. The molecule has 0 amide bonds. The van der Waals surface area contributed by atoms with E-state index in [0.29, 0.717) is 6.61 Å². The Hall–Kier alpha value is -2.41. The zero-order valence-electron chi connectivity index (χ0n) is 9.93. The summed E-state index contributed by atoms with van der Waals surface area (Å²) < 4.78 is 7.24. The van der Waals surface area contributed by atoms with Gasteiger partial charge in [0.05, 0.1) is 5.69 Å². The third-order valence-corrected chi connectivity index (χ3v) is 3.21. The highest BCUT2D eigenvalue weighted by Gasteiger charge is 2.01. The molecule has 2 aromatic heterocycles. The standard InChI is InChI=1S/C12H11N5OS/c13-12-15-8-17(16-12)9-1-3-10(4-2-9)18-7-11-14-5-6-19-11/h1-6,8H,7H2,(H2,13,16). The number of benzene rings is 1. The van der Waals surface area contributed by atoms with Crippen molar-refractivity contribution in [3.05, 3.63) is 47.2 Å². The largest absolute Gasteiger partial charge is 0.486 e.